The van der Waals surface area contributed by atoms with Gasteiger partial charge in [0.05, 0.1) is 32.9 Å². The van der Waals surface area contributed by atoms with Crippen molar-refractivity contribution >= 4 is 5.91 Å². The van der Waals surface area contributed by atoms with Gasteiger partial charge in [-0.15, -0.1) is 0 Å². The van der Waals surface area contributed by atoms with Crippen molar-refractivity contribution < 1.29 is 23.7 Å². The molecule has 3 heterocycles. The Hall–Kier alpha value is -1.79. The normalized spacial score (nSPS) is 25.9. The van der Waals surface area contributed by atoms with Crippen molar-refractivity contribution in [1.82, 2.24) is 4.90 Å². The van der Waals surface area contributed by atoms with Crippen molar-refractivity contribution in [3.63, 3.8) is 0 Å². The number of amides is 1. The molecule has 0 unspecified atom stereocenters. The lowest BCUT2D eigenvalue weighted by atomic mass is 9.81. The molecule has 0 bridgehead atoms. The average molecular weight is 373 g/mol. The smallest absolute Gasteiger partial charge is 0.254 e. The summed E-state index contributed by atoms with van der Waals surface area (Å²) >= 11 is 0. The van der Waals surface area contributed by atoms with E-state index < -0.39 is 0 Å². The number of carbonyl (C=O) groups excluding carboxylic acids is 1. The van der Waals surface area contributed by atoms with Gasteiger partial charge in [0.2, 0.25) is 0 Å². The minimum Gasteiger partial charge on any atom is -0.490 e. The van der Waals surface area contributed by atoms with E-state index in [9.17, 15) is 4.79 Å². The summed E-state index contributed by atoms with van der Waals surface area (Å²) in [7, 11) is 0. The van der Waals surface area contributed by atoms with E-state index in [1.165, 1.54) is 12.8 Å². The van der Waals surface area contributed by atoms with Crippen molar-refractivity contribution in [3.05, 3.63) is 23.8 Å². The zero-order valence-corrected chi connectivity index (χ0v) is 15.7. The zero-order chi connectivity index (χ0) is 18.3. The largest absolute Gasteiger partial charge is 0.490 e. The van der Waals surface area contributed by atoms with Gasteiger partial charge in [0, 0.05) is 31.1 Å². The van der Waals surface area contributed by atoms with Gasteiger partial charge >= 0.3 is 0 Å². The third kappa shape index (κ3) is 3.41. The van der Waals surface area contributed by atoms with Crippen LogP contribution in [0.5, 0.6) is 11.5 Å². The molecule has 3 aliphatic heterocycles. The van der Waals surface area contributed by atoms with Gasteiger partial charge in [-0.25, -0.2) is 0 Å². The number of fused-ring (bicyclic) bond motifs is 1. The molecule has 146 valence electrons. The third-order valence-corrected chi connectivity index (χ3v) is 6.17. The monoisotopic (exact) mass is 373 g/mol. The van der Waals surface area contributed by atoms with Crippen LogP contribution in [0.25, 0.3) is 0 Å². The van der Waals surface area contributed by atoms with E-state index in [4.69, 9.17) is 18.9 Å². The number of ether oxygens (including phenoxy) is 4. The van der Waals surface area contributed by atoms with E-state index in [1.54, 1.807) is 6.07 Å². The van der Waals surface area contributed by atoms with Gasteiger partial charge in [-0.2, -0.15) is 0 Å². The van der Waals surface area contributed by atoms with Crippen molar-refractivity contribution in [2.45, 2.75) is 31.3 Å². The molecule has 1 amide bonds. The molecule has 5 rings (SSSR count). The van der Waals surface area contributed by atoms with Crippen molar-refractivity contribution in [2.24, 2.45) is 11.8 Å². The Balaban J connectivity index is 1.20. The highest BCUT2D eigenvalue weighted by Gasteiger charge is 2.54. The third-order valence-electron chi connectivity index (χ3n) is 6.17. The molecule has 6 nitrogen and oxygen atoms in total. The summed E-state index contributed by atoms with van der Waals surface area (Å²) in [6, 6.07) is 5.47. The highest BCUT2D eigenvalue weighted by molar-refractivity contribution is 5.95. The fourth-order valence-corrected chi connectivity index (χ4v) is 4.25. The maximum atomic E-state index is 12.9. The van der Waals surface area contributed by atoms with Crippen LogP contribution in [-0.2, 0) is 9.47 Å². The molecule has 1 aromatic rings. The molecule has 1 aliphatic carbocycles. The minimum atomic E-state index is -0.204. The second-order valence-electron chi connectivity index (χ2n) is 8.25. The Bertz CT molecular complexity index is 711. The fourth-order valence-electron chi connectivity index (χ4n) is 4.25. The number of nitrogens with zero attached hydrogens (tertiary/aromatic N) is 1. The molecule has 27 heavy (non-hydrogen) atoms. The van der Waals surface area contributed by atoms with Gasteiger partial charge in [0.1, 0.15) is 5.60 Å². The first-order valence-corrected chi connectivity index (χ1v) is 10.1. The Kier molecular flexibility index (Phi) is 4.48. The molecule has 1 saturated carbocycles. The maximum Gasteiger partial charge on any atom is 0.254 e. The Morgan fingerprint density at radius 2 is 1.89 bits per heavy atom. The molecule has 3 fully saturated rings. The molecular formula is C21H27NO5. The van der Waals surface area contributed by atoms with Gasteiger partial charge in [0.15, 0.2) is 11.5 Å². The number of likely N-dealkylation sites (tertiary alicyclic amines) is 1. The lowest BCUT2D eigenvalue weighted by Gasteiger charge is -2.50. The van der Waals surface area contributed by atoms with Gasteiger partial charge in [-0.1, -0.05) is 0 Å². The summed E-state index contributed by atoms with van der Waals surface area (Å²) in [5.41, 5.74) is 0.443. The standard InChI is InChI=1S/C21H27NO5/c23-20(16-4-5-18-19(10-16)26-8-1-7-25-18)22-13-21(14-22)17(6-9-27-21)12-24-11-15-2-3-15/h4-5,10,15,17H,1-3,6-9,11-14H2/t17-/m0/s1. The van der Waals surface area contributed by atoms with E-state index in [1.807, 2.05) is 17.0 Å². The van der Waals surface area contributed by atoms with Gasteiger partial charge < -0.3 is 23.8 Å². The zero-order valence-electron chi connectivity index (χ0n) is 15.7. The summed E-state index contributed by atoms with van der Waals surface area (Å²) in [6.07, 6.45) is 4.50. The van der Waals surface area contributed by atoms with Crippen LogP contribution in [0.3, 0.4) is 0 Å². The van der Waals surface area contributed by atoms with Gasteiger partial charge in [-0.05, 0) is 43.4 Å². The average Bonchev–Trinajstić information content (AvgIpc) is 3.41. The summed E-state index contributed by atoms with van der Waals surface area (Å²) < 4.78 is 23.3. The second-order valence-corrected chi connectivity index (χ2v) is 8.25. The highest BCUT2D eigenvalue weighted by Crippen LogP contribution is 2.41. The minimum absolute atomic E-state index is 0.0319. The number of rotatable bonds is 5. The van der Waals surface area contributed by atoms with Gasteiger partial charge in [-0.3, -0.25) is 4.79 Å². The van der Waals surface area contributed by atoms with E-state index in [2.05, 4.69) is 0 Å². The van der Waals surface area contributed by atoms with E-state index in [0.29, 0.717) is 43.5 Å². The molecule has 1 spiro atoms. The number of hydrogen-bond acceptors (Lipinski definition) is 5. The predicted molar refractivity (Wildman–Crippen MR) is 98.3 cm³/mol. The predicted octanol–water partition coefficient (Wildman–Crippen LogP) is 2.51. The Morgan fingerprint density at radius 3 is 2.70 bits per heavy atom. The van der Waals surface area contributed by atoms with Crippen molar-refractivity contribution in [3.8, 4) is 11.5 Å². The molecule has 0 N–H and O–H groups in total. The molecule has 0 radical (unpaired) electrons. The molecule has 1 aromatic carbocycles. The SMILES string of the molecule is O=C(c1ccc2c(c1)OCCCO2)N1CC2(C1)OCC[C@H]2COCC1CC1. The maximum absolute atomic E-state index is 12.9. The van der Waals surface area contributed by atoms with Crippen LogP contribution >= 0.6 is 0 Å². The summed E-state index contributed by atoms with van der Waals surface area (Å²) in [4.78, 5) is 14.8. The second kappa shape index (κ2) is 6.99. The summed E-state index contributed by atoms with van der Waals surface area (Å²) in [6.45, 7) is 4.97. The molecule has 2 saturated heterocycles. The summed E-state index contributed by atoms with van der Waals surface area (Å²) in [5, 5.41) is 0. The van der Waals surface area contributed by atoms with Crippen molar-refractivity contribution in [1.29, 1.82) is 0 Å². The molecule has 6 heteroatoms. The lowest BCUT2D eigenvalue weighted by molar-refractivity contribution is -0.128. The van der Waals surface area contributed by atoms with Crippen LogP contribution in [0.4, 0.5) is 0 Å². The molecular weight excluding hydrogens is 346 g/mol. The van der Waals surface area contributed by atoms with Crippen LogP contribution in [0.1, 0.15) is 36.0 Å². The fraction of sp³-hybridized carbons (Fsp3) is 0.667. The number of hydrogen-bond donors (Lipinski definition) is 0. The number of benzene rings is 1. The topological polar surface area (TPSA) is 57.2 Å². The first-order chi connectivity index (χ1) is 13.2. The highest BCUT2D eigenvalue weighted by atomic mass is 16.5. The van der Waals surface area contributed by atoms with Crippen LogP contribution in [0.15, 0.2) is 18.2 Å². The Labute approximate surface area is 159 Å². The number of carbonyl (C=O) groups is 1. The van der Waals surface area contributed by atoms with Crippen LogP contribution in [0, 0.1) is 11.8 Å². The first kappa shape index (κ1) is 17.3. The van der Waals surface area contributed by atoms with E-state index in [-0.39, 0.29) is 11.5 Å². The van der Waals surface area contributed by atoms with Crippen LogP contribution < -0.4 is 9.47 Å². The van der Waals surface area contributed by atoms with E-state index >= 15 is 0 Å². The van der Waals surface area contributed by atoms with Crippen molar-refractivity contribution in [2.75, 3.05) is 46.1 Å². The molecule has 1 atom stereocenters. The summed E-state index contributed by atoms with van der Waals surface area (Å²) in [5.74, 6) is 2.59. The molecule has 0 aromatic heterocycles. The van der Waals surface area contributed by atoms with Crippen LogP contribution in [0.2, 0.25) is 0 Å². The first-order valence-electron chi connectivity index (χ1n) is 10.1. The molecule has 4 aliphatic rings. The van der Waals surface area contributed by atoms with Crippen LogP contribution in [-0.4, -0.2) is 62.5 Å². The lowest BCUT2D eigenvalue weighted by Crippen LogP contribution is -2.66. The van der Waals surface area contributed by atoms with E-state index in [0.717, 1.165) is 44.3 Å². The van der Waals surface area contributed by atoms with Gasteiger partial charge in [0.25, 0.3) is 5.91 Å². The quantitative estimate of drug-likeness (QED) is 0.794. The Morgan fingerprint density at radius 1 is 1.07 bits per heavy atom.